The average molecular weight is 240 g/mol. The number of aromatic nitrogens is 1. The van der Waals surface area contributed by atoms with Crippen molar-refractivity contribution in [2.75, 3.05) is 13.2 Å². The summed E-state index contributed by atoms with van der Waals surface area (Å²) in [5, 5.41) is 6.96. The van der Waals surface area contributed by atoms with Crippen molar-refractivity contribution in [3.63, 3.8) is 0 Å². The highest BCUT2D eigenvalue weighted by molar-refractivity contribution is 7.09. The van der Waals surface area contributed by atoms with Crippen LogP contribution in [0.2, 0.25) is 0 Å². The van der Waals surface area contributed by atoms with Crippen molar-refractivity contribution >= 4 is 11.3 Å². The number of ether oxygens (including phenoxy) is 1. The van der Waals surface area contributed by atoms with E-state index in [0.717, 1.165) is 19.6 Å². The molecule has 0 radical (unpaired) electrons. The zero-order valence-electron chi connectivity index (χ0n) is 10.2. The van der Waals surface area contributed by atoms with E-state index in [1.807, 2.05) is 0 Å². The number of hydrogen-bond acceptors (Lipinski definition) is 4. The summed E-state index contributed by atoms with van der Waals surface area (Å²) < 4.78 is 5.36. The summed E-state index contributed by atoms with van der Waals surface area (Å²) in [6.45, 7) is 8.28. The molecule has 16 heavy (non-hydrogen) atoms. The SMILES string of the molecule is CC(C)c1nc(C(C)NC2CCOC2)cs1. The van der Waals surface area contributed by atoms with Crippen molar-refractivity contribution < 1.29 is 4.74 Å². The molecule has 2 unspecified atom stereocenters. The molecule has 2 rings (SSSR count). The Kier molecular flexibility index (Phi) is 3.95. The van der Waals surface area contributed by atoms with Crippen LogP contribution >= 0.6 is 11.3 Å². The Bertz CT molecular complexity index is 332. The third-order valence-electron chi connectivity index (χ3n) is 2.89. The minimum atomic E-state index is 0.329. The molecule has 0 spiro atoms. The van der Waals surface area contributed by atoms with E-state index in [0.29, 0.717) is 18.0 Å². The summed E-state index contributed by atoms with van der Waals surface area (Å²) in [6, 6.07) is 0.828. The van der Waals surface area contributed by atoms with Gasteiger partial charge in [-0.15, -0.1) is 11.3 Å². The first-order chi connectivity index (χ1) is 7.66. The zero-order chi connectivity index (χ0) is 11.5. The monoisotopic (exact) mass is 240 g/mol. The summed E-state index contributed by atoms with van der Waals surface area (Å²) in [6.07, 6.45) is 1.12. The van der Waals surface area contributed by atoms with Crippen molar-refractivity contribution in [1.29, 1.82) is 0 Å². The summed E-state index contributed by atoms with van der Waals surface area (Å²) in [5.41, 5.74) is 1.17. The van der Waals surface area contributed by atoms with Crippen molar-refractivity contribution in [3.05, 3.63) is 16.1 Å². The van der Waals surface area contributed by atoms with Crippen LogP contribution in [0, 0.1) is 0 Å². The third kappa shape index (κ3) is 2.81. The van der Waals surface area contributed by atoms with Gasteiger partial charge in [-0.3, -0.25) is 0 Å². The van der Waals surface area contributed by atoms with Crippen molar-refractivity contribution in [2.24, 2.45) is 0 Å². The van der Waals surface area contributed by atoms with Gasteiger partial charge in [0.25, 0.3) is 0 Å². The Morgan fingerprint density at radius 2 is 2.31 bits per heavy atom. The first-order valence-corrected chi connectivity index (χ1v) is 6.84. The number of hydrogen-bond donors (Lipinski definition) is 1. The molecule has 0 aliphatic carbocycles. The summed E-state index contributed by atoms with van der Waals surface area (Å²) in [7, 11) is 0. The van der Waals surface area contributed by atoms with E-state index in [4.69, 9.17) is 4.74 Å². The molecule has 0 bridgehead atoms. The Morgan fingerprint density at radius 3 is 2.88 bits per heavy atom. The molecule has 90 valence electrons. The van der Waals surface area contributed by atoms with E-state index in [2.05, 4.69) is 36.5 Å². The van der Waals surface area contributed by atoms with Gasteiger partial charge in [0, 0.05) is 30.0 Å². The largest absolute Gasteiger partial charge is 0.380 e. The number of nitrogens with zero attached hydrogens (tertiary/aromatic N) is 1. The van der Waals surface area contributed by atoms with Crippen LogP contribution in [0.5, 0.6) is 0 Å². The predicted molar refractivity (Wildman–Crippen MR) is 67.0 cm³/mol. The maximum Gasteiger partial charge on any atom is 0.0954 e. The van der Waals surface area contributed by atoms with E-state index in [9.17, 15) is 0 Å². The van der Waals surface area contributed by atoms with Crippen LogP contribution in [0.3, 0.4) is 0 Å². The molecule has 0 saturated carbocycles. The molecule has 2 heterocycles. The first-order valence-electron chi connectivity index (χ1n) is 5.96. The van der Waals surface area contributed by atoms with Crippen LogP contribution in [0.25, 0.3) is 0 Å². The van der Waals surface area contributed by atoms with Crippen LogP contribution < -0.4 is 5.32 Å². The number of rotatable bonds is 4. The number of thiazole rings is 1. The van der Waals surface area contributed by atoms with Gasteiger partial charge < -0.3 is 10.1 Å². The van der Waals surface area contributed by atoms with Gasteiger partial charge in [0.2, 0.25) is 0 Å². The second-order valence-electron chi connectivity index (χ2n) is 4.71. The molecule has 4 heteroatoms. The van der Waals surface area contributed by atoms with Gasteiger partial charge in [-0.2, -0.15) is 0 Å². The van der Waals surface area contributed by atoms with E-state index in [1.165, 1.54) is 10.7 Å². The van der Waals surface area contributed by atoms with Crippen LogP contribution in [0.1, 0.15) is 49.9 Å². The van der Waals surface area contributed by atoms with Crippen LogP contribution in [0.4, 0.5) is 0 Å². The lowest BCUT2D eigenvalue weighted by atomic mass is 10.2. The van der Waals surface area contributed by atoms with Crippen LogP contribution in [-0.2, 0) is 4.74 Å². The van der Waals surface area contributed by atoms with Crippen molar-refractivity contribution in [2.45, 2.75) is 45.2 Å². The normalized spacial score (nSPS) is 22.9. The van der Waals surface area contributed by atoms with Gasteiger partial charge in [-0.25, -0.2) is 4.98 Å². The molecule has 1 saturated heterocycles. The van der Waals surface area contributed by atoms with Gasteiger partial charge in [-0.1, -0.05) is 13.8 Å². The lowest BCUT2D eigenvalue weighted by Crippen LogP contribution is -2.31. The molecule has 1 aromatic rings. The highest BCUT2D eigenvalue weighted by Gasteiger charge is 2.19. The Morgan fingerprint density at radius 1 is 1.50 bits per heavy atom. The predicted octanol–water partition coefficient (Wildman–Crippen LogP) is 2.71. The molecular weight excluding hydrogens is 220 g/mol. The summed E-state index contributed by atoms with van der Waals surface area (Å²) in [5.74, 6) is 0.528. The highest BCUT2D eigenvalue weighted by Crippen LogP contribution is 2.23. The molecule has 0 aromatic carbocycles. The van der Waals surface area contributed by atoms with Crippen molar-refractivity contribution in [1.82, 2.24) is 10.3 Å². The van der Waals surface area contributed by atoms with E-state index >= 15 is 0 Å². The quantitative estimate of drug-likeness (QED) is 0.878. The molecule has 3 nitrogen and oxygen atoms in total. The molecule has 2 atom stereocenters. The Hall–Kier alpha value is -0.450. The summed E-state index contributed by atoms with van der Waals surface area (Å²) >= 11 is 1.76. The van der Waals surface area contributed by atoms with Gasteiger partial charge in [-0.05, 0) is 13.3 Å². The fourth-order valence-electron chi connectivity index (χ4n) is 1.87. The van der Waals surface area contributed by atoms with E-state index in [1.54, 1.807) is 11.3 Å². The van der Waals surface area contributed by atoms with Crippen LogP contribution in [0.15, 0.2) is 5.38 Å². The van der Waals surface area contributed by atoms with Gasteiger partial charge >= 0.3 is 0 Å². The van der Waals surface area contributed by atoms with E-state index < -0.39 is 0 Å². The Labute approximate surface area is 101 Å². The molecular formula is C12H20N2OS. The molecule has 1 aliphatic heterocycles. The molecule has 1 fully saturated rings. The molecule has 1 aliphatic rings. The zero-order valence-corrected chi connectivity index (χ0v) is 11.0. The van der Waals surface area contributed by atoms with Gasteiger partial charge in [0.05, 0.1) is 17.3 Å². The highest BCUT2D eigenvalue weighted by atomic mass is 32.1. The van der Waals surface area contributed by atoms with Gasteiger partial charge in [0.15, 0.2) is 0 Å². The Balaban J connectivity index is 1.94. The fraction of sp³-hybridized carbons (Fsp3) is 0.750. The second-order valence-corrected chi connectivity index (χ2v) is 5.60. The standard InChI is InChI=1S/C12H20N2OS/c1-8(2)12-14-11(7-16-12)9(3)13-10-4-5-15-6-10/h7-10,13H,4-6H2,1-3H3. The van der Waals surface area contributed by atoms with Crippen LogP contribution in [-0.4, -0.2) is 24.2 Å². The molecule has 0 amide bonds. The topological polar surface area (TPSA) is 34.2 Å². The fourth-order valence-corrected chi connectivity index (χ4v) is 2.80. The van der Waals surface area contributed by atoms with E-state index in [-0.39, 0.29) is 0 Å². The lowest BCUT2D eigenvalue weighted by Gasteiger charge is -2.16. The minimum Gasteiger partial charge on any atom is -0.380 e. The summed E-state index contributed by atoms with van der Waals surface area (Å²) in [4.78, 5) is 4.67. The smallest absolute Gasteiger partial charge is 0.0954 e. The maximum absolute atomic E-state index is 5.36. The van der Waals surface area contributed by atoms with Gasteiger partial charge in [0.1, 0.15) is 0 Å². The molecule has 1 N–H and O–H groups in total. The second kappa shape index (κ2) is 5.25. The third-order valence-corrected chi connectivity index (χ3v) is 4.06. The average Bonchev–Trinajstić information content (AvgIpc) is 2.86. The first kappa shape index (κ1) is 12.0. The molecule has 1 aromatic heterocycles. The minimum absolute atomic E-state index is 0.329. The maximum atomic E-state index is 5.36. The van der Waals surface area contributed by atoms with Crippen molar-refractivity contribution in [3.8, 4) is 0 Å². The lowest BCUT2D eigenvalue weighted by molar-refractivity contribution is 0.188. The number of nitrogens with one attached hydrogen (secondary N) is 1.